The zero-order chi connectivity index (χ0) is 14.5. The Morgan fingerprint density at radius 2 is 2.15 bits per heavy atom. The van der Waals surface area contributed by atoms with Gasteiger partial charge in [-0.05, 0) is 17.7 Å². The zero-order valence-electron chi connectivity index (χ0n) is 10.8. The summed E-state index contributed by atoms with van der Waals surface area (Å²) in [7, 11) is 1.58. The molecule has 0 saturated carbocycles. The Morgan fingerprint density at radius 3 is 2.70 bits per heavy atom. The smallest absolute Gasteiger partial charge is 0.353 e. The Hall–Kier alpha value is -2.57. The van der Waals surface area contributed by atoms with Crippen LogP contribution < -0.4 is 10.1 Å². The lowest BCUT2D eigenvalue weighted by molar-refractivity contribution is -0.131. The van der Waals surface area contributed by atoms with E-state index in [2.05, 4.69) is 10.5 Å². The number of amides is 1. The number of aliphatic carboxylic acids is 1. The molecule has 1 aromatic rings. The van der Waals surface area contributed by atoms with Crippen molar-refractivity contribution in [2.45, 2.75) is 19.1 Å². The predicted molar refractivity (Wildman–Crippen MR) is 69.4 cm³/mol. The van der Waals surface area contributed by atoms with Crippen molar-refractivity contribution in [3.05, 3.63) is 29.8 Å². The van der Waals surface area contributed by atoms with Crippen LogP contribution in [0.2, 0.25) is 0 Å². The fraction of sp³-hybridized carbons (Fsp3) is 0.308. The van der Waals surface area contributed by atoms with Crippen LogP contribution in [-0.2, 0) is 21.0 Å². The molecule has 0 aliphatic carbocycles. The van der Waals surface area contributed by atoms with E-state index in [0.717, 1.165) is 11.3 Å². The van der Waals surface area contributed by atoms with Gasteiger partial charge >= 0.3 is 5.97 Å². The molecular weight excluding hydrogens is 264 g/mol. The minimum Gasteiger partial charge on any atom is -0.497 e. The third-order valence-corrected chi connectivity index (χ3v) is 2.83. The number of hydrogen-bond donors (Lipinski definition) is 2. The van der Waals surface area contributed by atoms with E-state index in [1.165, 1.54) is 0 Å². The van der Waals surface area contributed by atoms with E-state index < -0.39 is 12.1 Å². The number of methoxy groups -OCH3 is 1. The monoisotopic (exact) mass is 278 g/mol. The second-order valence-electron chi connectivity index (χ2n) is 4.21. The fourth-order valence-electron chi connectivity index (χ4n) is 1.69. The molecule has 1 atom stereocenters. The van der Waals surface area contributed by atoms with Crippen molar-refractivity contribution < 1.29 is 24.3 Å². The molecule has 20 heavy (non-hydrogen) atoms. The van der Waals surface area contributed by atoms with Crippen molar-refractivity contribution in [2.24, 2.45) is 5.16 Å². The van der Waals surface area contributed by atoms with Crippen LogP contribution in [0.25, 0.3) is 0 Å². The summed E-state index contributed by atoms with van der Waals surface area (Å²) in [5, 5.41) is 14.7. The highest BCUT2D eigenvalue weighted by Crippen LogP contribution is 2.13. The van der Waals surface area contributed by atoms with Crippen molar-refractivity contribution >= 4 is 17.6 Å². The van der Waals surface area contributed by atoms with Gasteiger partial charge in [0.2, 0.25) is 6.10 Å². The van der Waals surface area contributed by atoms with Gasteiger partial charge in [-0.25, -0.2) is 4.79 Å². The van der Waals surface area contributed by atoms with Gasteiger partial charge in [0.25, 0.3) is 5.91 Å². The SMILES string of the molecule is COc1ccc(CNC(=O)C2CC(C(=O)O)=NO2)cc1. The molecule has 0 bridgehead atoms. The summed E-state index contributed by atoms with van der Waals surface area (Å²) < 4.78 is 5.03. The molecule has 2 N–H and O–H groups in total. The molecule has 1 aliphatic rings. The Balaban J connectivity index is 1.82. The van der Waals surface area contributed by atoms with Gasteiger partial charge in [0.15, 0.2) is 5.71 Å². The topological polar surface area (TPSA) is 97.2 Å². The lowest BCUT2D eigenvalue weighted by atomic mass is 10.1. The molecule has 0 aromatic heterocycles. The number of carboxylic acids is 1. The standard InChI is InChI=1S/C13H14N2O5/c1-19-9-4-2-8(3-5-9)7-14-12(16)11-6-10(13(17)18)15-20-11/h2-5,11H,6-7H2,1H3,(H,14,16)(H,17,18). The van der Waals surface area contributed by atoms with Crippen LogP contribution in [0.4, 0.5) is 0 Å². The van der Waals surface area contributed by atoms with E-state index in [1.807, 2.05) is 12.1 Å². The van der Waals surface area contributed by atoms with E-state index in [-0.39, 0.29) is 18.0 Å². The maximum absolute atomic E-state index is 11.8. The van der Waals surface area contributed by atoms with Crippen LogP contribution in [0.5, 0.6) is 5.75 Å². The molecular formula is C13H14N2O5. The summed E-state index contributed by atoms with van der Waals surface area (Å²) in [5.74, 6) is -0.824. The summed E-state index contributed by atoms with van der Waals surface area (Å²) in [6.45, 7) is 0.324. The second kappa shape index (κ2) is 6.05. The maximum Gasteiger partial charge on any atom is 0.353 e. The normalized spacial score (nSPS) is 17.1. The molecule has 0 spiro atoms. The van der Waals surface area contributed by atoms with Crippen LogP contribution in [0, 0.1) is 0 Å². The van der Waals surface area contributed by atoms with E-state index >= 15 is 0 Å². The number of carbonyl (C=O) groups excluding carboxylic acids is 1. The van der Waals surface area contributed by atoms with Gasteiger partial charge in [0.05, 0.1) is 7.11 Å². The van der Waals surface area contributed by atoms with Crippen LogP contribution >= 0.6 is 0 Å². The van der Waals surface area contributed by atoms with Gasteiger partial charge < -0.3 is 20.0 Å². The van der Waals surface area contributed by atoms with E-state index in [1.54, 1.807) is 19.2 Å². The van der Waals surface area contributed by atoms with Crippen molar-refractivity contribution in [3.8, 4) is 5.75 Å². The molecule has 7 nitrogen and oxygen atoms in total. The quantitative estimate of drug-likeness (QED) is 0.819. The first-order valence-corrected chi connectivity index (χ1v) is 5.97. The lowest BCUT2D eigenvalue weighted by Gasteiger charge is -2.09. The largest absolute Gasteiger partial charge is 0.497 e. The van der Waals surface area contributed by atoms with Crippen LogP contribution in [0.15, 0.2) is 29.4 Å². The minimum atomic E-state index is -1.17. The number of oxime groups is 1. The first-order chi connectivity index (χ1) is 9.60. The number of nitrogens with one attached hydrogen (secondary N) is 1. The number of carbonyl (C=O) groups is 2. The predicted octanol–water partition coefficient (Wildman–Crippen LogP) is 0.541. The molecule has 0 radical (unpaired) electrons. The first-order valence-electron chi connectivity index (χ1n) is 5.97. The van der Waals surface area contributed by atoms with Crippen LogP contribution in [-0.4, -0.2) is 35.9 Å². The molecule has 2 rings (SSSR count). The number of rotatable bonds is 5. The van der Waals surface area contributed by atoms with Gasteiger partial charge in [0.1, 0.15) is 5.75 Å². The molecule has 1 unspecified atom stereocenters. The first kappa shape index (κ1) is 13.9. The van der Waals surface area contributed by atoms with Gasteiger partial charge in [-0.3, -0.25) is 4.79 Å². The molecule has 7 heteroatoms. The Morgan fingerprint density at radius 1 is 1.45 bits per heavy atom. The summed E-state index contributed by atoms with van der Waals surface area (Å²) in [6, 6.07) is 7.24. The van der Waals surface area contributed by atoms with Gasteiger partial charge in [-0.2, -0.15) is 0 Å². The third kappa shape index (κ3) is 3.25. The number of benzene rings is 1. The highest BCUT2D eigenvalue weighted by atomic mass is 16.6. The Bertz CT molecular complexity index is 538. The average Bonchev–Trinajstić information content (AvgIpc) is 2.95. The van der Waals surface area contributed by atoms with E-state index in [0.29, 0.717) is 6.54 Å². The molecule has 106 valence electrons. The number of carboxylic acid groups (broad SMARTS) is 1. The van der Waals surface area contributed by atoms with Gasteiger partial charge in [-0.15, -0.1) is 0 Å². The highest BCUT2D eigenvalue weighted by molar-refractivity contribution is 6.36. The highest BCUT2D eigenvalue weighted by Gasteiger charge is 2.31. The molecule has 1 aromatic carbocycles. The van der Waals surface area contributed by atoms with Crippen molar-refractivity contribution in [3.63, 3.8) is 0 Å². The summed E-state index contributed by atoms with van der Waals surface area (Å²) >= 11 is 0. The van der Waals surface area contributed by atoms with Gasteiger partial charge in [-0.1, -0.05) is 17.3 Å². The van der Waals surface area contributed by atoms with Crippen molar-refractivity contribution in [2.75, 3.05) is 7.11 Å². The van der Waals surface area contributed by atoms with E-state index in [4.69, 9.17) is 14.7 Å². The van der Waals surface area contributed by atoms with Crippen molar-refractivity contribution in [1.29, 1.82) is 0 Å². The van der Waals surface area contributed by atoms with Crippen LogP contribution in [0.3, 0.4) is 0 Å². The summed E-state index contributed by atoms with van der Waals surface area (Å²) in [6.07, 6.45) is -0.900. The van der Waals surface area contributed by atoms with Crippen LogP contribution in [0.1, 0.15) is 12.0 Å². The summed E-state index contributed by atoms with van der Waals surface area (Å²) in [4.78, 5) is 27.2. The van der Waals surface area contributed by atoms with E-state index in [9.17, 15) is 9.59 Å². The summed E-state index contributed by atoms with van der Waals surface area (Å²) in [5.41, 5.74) is 0.756. The fourth-order valence-corrected chi connectivity index (χ4v) is 1.69. The molecule has 1 aliphatic heterocycles. The molecule has 1 amide bonds. The maximum atomic E-state index is 11.8. The Kier molecular flexibility index (Phi) is 4.19. The molecule has 1 heterocycles. The molecule has 0 saturated heterocycles. The number of hydrogen-bond acceptors (Lipinski definition) is 5. The van der Waals surface area contributed by atoms with Crippen molar-refractivity contribution in [1.82, 2.24) is 5.32 Å². The average molecular weight is 278 g/mol. The zero-order valence-corrected chi connectivity index (χ0v) is 10.8. The van der Waals surface area contributed by atoms with Gasteiger partial charge in [0, 0.05) is 13.0 Å². The Labute approximate surface area is 115 Å². The molecule has 0 fully saturated rings. The second-order valence-corrected chi connectivity index (χ2v) is 4.21. The lowest BCUT2D eigenvalue weighted by Crippen LogP contribution is -2.34. The third-order valence-electron chi connectivity index (χ3n) is 2.83. The number of nitrogens with zero attached hydrogens (tertiary/aromatic N) is 1. The minimum absolute atomic E-state index is 0.0240. The number of ether oxygens (including phenoxy) is 1.